The normalized spacial score (nSPS) is 15.9. The Labute approximate surface area is 91.5 Å². The highest BCUT2D eigenvalue weighted by atomic mass is 15.2. The summed E-state index contributed by atoms with van der Waals surface area (Å²) in [6, 6.07) is 2.12. The summed E-state index contributed by atoms with van der Waals surface area (Å²) in [5.41, 5.74) is 2.68. The van der Waals surface area contributed by atoms with Gasteiger partial charge >= 0.3 is 0 Å². The van der Waals surface area contributed by atoms with Crippen molar-refractivity contribution in [3.8, 4) is 0 Å². The maximum atomic E-state index is 4.23. The first kappa shape index (κ1) is 10.4. The van der Waals surface area contributed by atoms with Crippen LogP contribution in [-0.2, 0) is 6.54 Å². The molecular formula is C12H19N3. The second-order valence-electron chi connectivity index (χ2n) is 3.98. The number of nitrogens with one attached hydrogen (secondary N) is 1. The Morgan fingerprint density at radius 3 is 2.93 bits per heavy atom. The van der Waals surface area contributed by atoms with Crippen LogP contribution in [0.15, 0.2) is 18.5 Å². The molecule has 1 aliphatic heterocycles. The first-order chi connectivity index (χ1) is 7.42. The van der Waals surface area contributed by atoms with Crippen LogP contribution in [0.1, 0.15) is 25.3 Å². The highest BCUT2D eigenvalue weighted by Crippen LogP contribution is 2.23. The van der Waals surface area contributed by atoms with E-state index in [0.29, 0.717) is 0 Å². The highest BCUT2D eigenvalue weighted by Gasteiger charge is 2.15. The number of pyridine rings is 1. The highest BCUT2D eigenvalue weighted by molar-refractivity contribution is 5.52. The lowest BCUT2D eigenvalue weighted by Crippen LogP contribution is -2.21. The molecule has 0 radical (unpaired) electrons. The molecule has 0 saturated carbocycles. The molecule has 2 rings (SSSR count). The second-order valence-corrected chi connectivity index (χ2v) is 3.98. The Kier molecular flexibility index (Phi) is 3.56. The summed E-state index contributed by atoms with van der Waals surface area (Å²) in [6.45, 7) is 6.47. The molecule has 0 aromatic carbocycles. The predicted octanol–water partition coefficient (Wildman–Crippen LogP) is 1.79. The van der Waals surface area contributed by atoms with Crippen LogP contribution >= 0.6 is 0 Å². The molecule has 1 saturated heterocycles. The van der Waals surface area contributed by atoms with Gasteiger partial charge in [-0.05, 0) is 31.0 Å². The molecule has 82 valence electrons. The van der Waals surface area contributed by atoms with E-state index in [4.69, 9.17) is 0 Å². The monoisotopic (exact) mass is 205 g/mol. The molecule has 1 aromatic rings. The van der Waals surface area contributed by atoms with Gasteiger partial charge in [0.1, 0.15) is 0 Å². The van der Waals surface area contributed by atoms with E-state index in [9.17, 15) is 0 Å². The molecule has 3 nitrogen and oxygen atoms in total. The largest absolute Gasteiger partial charge is 0.370 e. The molecule has 3 heteroatoms. The summed E-state index contributed by atoms with van der Waals surface area (Å²) in [4.78, 5) is 6.67. The van der Waals surface area contributed by atoms with Crippen molar-refractivity contribution in [2.24, 2.45) is 0 Å². The van der Waals surface area contributed by atoms with Crippen molar-refractivity contribution in [3.63, 3.8) is 0 Å². The van der Waals surface area contributed by atoms with Gasteiger partial charge in [-0.15, -0.1) is 0 Å². The van der Waals surface area contributed by atoms with Gasteiger partial charge in [-0.3, -0.25) is 4.98 Å². The van der Waals surface area contributed by atoms with Crippen LogP contribution in [0.5, 0.6) is 0 Å². The average molecular weight is 205 g/mol. The lowest BCUT2D eigenvalue weighted by Gasteiger charge is -2.20. The first-order valence-electron chi connectivity index (χ1n) is 5.80. The minimum atomic E-state index is 0.949. The number of aromatic nitrogens is 1. The van der Waals surface area contributed by atoms with E-state index in [0.717, 1.165) is 13.1 Å². The van der Waals surface area contributed by atoms with Crippen LogP contribution in [-0.4, -0.2) is 24.6 Å². The van der Waals surface area contributed by atoms with Gasteiger partial charge in [-0.1, -0.05) is 6.92 Å². The molecule has 1 N–H and O–H groups in total. The van der Waals surface area contributed by atoms with E-state index < -0.39 is 0 Å². The van der Waals surface area contributed by atoms with Crippen LogP contribution < -0.4 is 10.2 Å². The number of nitrogens with zero attached hydrogens (tertiary/aromatic N) is 2. The van der Waals surface area contributed by atoms with Crippen molar-refractivity contribution in [2.75, 3.05) is 24.5 Å². The summed E-state index contributed by atoms with van der Waals surface area (Å²) in [5.74, 6) is 0. The van der Waals surface area contributed by atoms with Crippen molar-refractivity contribution in [3.05, 3.63) is 24.0 Å². The number of rotatable bonds is 4. The van der Waals surface area contributed by atoms with Crippen molar-refractivity contribution in [1.82, 2.24) is 10.3 Å². The van der Waals surface area contributed by atoms with Gasteiger partial charge in [0, 0.05) is 25.8 Å². The zero-order valence-electron chi connectivity index (χ0n) is 9.37. The van der Waals surface area contributed by atoms with E-state index in [-0.39, 0.29) is 0 Å². The van der Waals surface area contributed by atoms with E-state index in [1.807, 2.05) is 12.4 Å². The smallest absolute Gasteiger partial charge is 0.0598 e. The molecule has 1 aliphatic rings. The fraction of sp³-hybridized carbons (Fsp3) is 0.583. The average Bonchev–Trinajstić information content (AvgIpc) is 2.80. The Bertz CT molecular complexity index is 305. The Morgan fingerprint density at radius 2 is 2.20 bits per heavy atom. The van der Waals surface area contributed by atoms with Crippen LogP contribution in [0.25, 0.3) is 0 Å². The molecule has 0 atom stereocenters. The SMILES string of the molecule is CCNCc1ccncc1N1CCCC1. The summed E-state index contributed by atoms with van der Waals surface area (Å²) in [6.07, 6.45) is 6.51. The van der Waals surface area contributed by atoms with Gasteiger partial charge in [0.25, 0.3) is 0 Å². The first-order valence-corrected chi connectivity index (χ1v) is 5.80. The third-order valence-corrected chi connectivity index (χ3v) is 2.90. The van der Waals surface area contributed by atoms with E-state index >= 15 is 0 Å². The molecule has 0 amide bonds. The standard InChI is InChI=1S/C12H19N3/c1-2-13-9-11-5-6-14-10-12(11)15-7-3-4-8-15/h5-6,10,13H,2-4,7-9H2,1H3. The topological polar surface area (TPSA) is 28.2 Å². The number of hydrogen-bond acceptors (Lipinski definition) is 3. The van der Waals surface area contributed by atoms with Gasteiger partial charge in [0.2, 0.25) is 0 Å². The predicted molar refractivity (Wildman–Crippen MR) is 63.1 cm³/mol. The number of hydrogen-bond donors (Lipinski definition) is 1. The Morgan fingerprint density at radius 1 is 1.40 bits per heavy atom. The maximum Gasteiger partial charge on any atom is 0.0598 e. The maximum absolute atomic E-state index is 4.23. The van der Waals surface area contributed by atoms with E-state index in [1.165, 1.54) is 37.2 Å². The van der Waals surface area contributed by atoms with Crippen molar-refractivity contribution in [1.29, 1.82) is 0 Å². The summed E-state index contributed by atoms with van der Waals surface area (Å²) >= 11 is 0. The third-order valence-electron chi connectivity index (χ3n) is 2.90. The van der Waals surface area contributed by atoms with Crippen molar-refractivity contribution >= 4 is 5.69 Å². The minimum absolute atomic E-state index is 0.949. The van der Waals surface area contributed by atoms with Gasteiger partial charge < -0.3 is 10.2 Å². The molecule has 0 aliphatic carbocycles. The number of anilines is 1. The van der Waals surface area contributed by atoms with Gasteiger partial charge in [0.05, 0.1) is 11.9 Å². The van der Waals surface area contributed by atoms with E-state index in [2.05, 4.69) is 28.2 Å². The molecule has 2 heterocycles. The second kappa shape index (κ2) is 5.12. The van der Waals surface area contributed by atoms with Crippen LogP contribution in [0.4, 0.5) is 5.69 Å². The van der Waals surface area contributed by atoms with Crippen molar-refractivity contribution in [2.45, 2.75) is 26.3 Å². The Balaban J connectivity index is 2.13. The summed E-state index contributed by atoms with van der Waals surface area (Å²) in [7, 11) is 0. The quantitative estimate of drug-likeness (QED) is 0.812. The van der Waals surface area contributed by atoms with Crippen LogP contribution in [0, 0.1) is 0 Å². The molecule has 15 heavy (non-hydrogen) atoms. The molecule has 0 spiro atoms. The third kappa shape index (κ3) is 2.48. The van der Waals surface area contributed by atoms with Crippen LogP contribution in [0.3, 0.4) is 0 Å². The zero-order chi connectivity index (χ0) is 10.5. The minimum Gasteiger partial charge on any atom is -0.370 e. The van der Waals surface area contributed by atoms with Crippen LogP contribution in [0.2, 0.25) is 0 Å². The molecule has 0 bridgehead atoms. The molecule has 1 fully saturated rings. The van der Waals surface area contributed by atoms with Gasteiger partial charge in [-0.2, -0.15) is 0 Å². The van der Waals surface area contributed by atoms with Gasteiger partial charge in [0.15, 0.2) is 0 Å². The lowest BCUT2D eigenvalue weighted by molar-refractivity contribution is 0.722. The molecule has 1 aromatic heterocycles. The molecule has 0 unspecified atom stereocenters. The molecular weight excluding hydrogens is 186 g/mol. The zero-order valence-corrected chi connectivity index (χ0v) is 9.37. The Hall–Kier alpha value is -1.09. The van der Waals surface area contributed by atoms with Gasteiger partial charge in [-0.25, -0.2) is 0 Å². The van der Waals surface area contributed by atoms with E-state index in [1.54, 1.807) is 0 Å². The lowest BCUT2D eigenvalue weighted by atomic mass is 10.2. The van der Waals surface area contributed by atoms with Crippen molar-refractivity contribution < 1.29 is 0 Å². The summed E-state index contributed by atoms with van der Waals surface area (Å²) in [5, 5.41) is 3.37. The fourth-order valence-corrected chi connectivity index (χ4v) is 2.07. The fourth-order valence-electron chi connectivity index (χ4n) is 2.07. The summed E-state index contributed by atoms with van der Waals surface area (Å²) < 4.78 is 0.